The zero-order valence-electron chi connectivity index (χ0n) is 15.3. The fourth-order valence-electron chi connectivity index (χ4n) is 4.12. The maximum atomic E-state index is 12.8. The Kier molecular flexibility index (Phi) is 3.69. The van der Waals surface area contributed by atoms with Crippen LogP contribution in [-0.2, 0) is 10.8 Å². The quantitative estimate of drug-likeness (QED) is 0.498. The number of benzene rings is 3. The lowest BCUT2D eigenvalue weighted by molar-refractivity contribution is 0.516. The molecule has 3 aromatic rings. The Morgan fingerprint density at radius 1 is 0.852 bits per heavy atom. The van der Waals surface area contributed by atoms with Crippen LogP contribution in [0.3, 0.4) is 0 Å². The molecule has 1 atom stereocenters. The summed E-state index contributed by atoms with van der Waals surface area (Å²) in [5, 5.41) is 0. The molecule has 0 saturated carbocycles. The molecule has 0 saturated heterocycles. The number of rotatable bonds is 2. The molecule has 2 aliphatic rings. The average molecular weight is 372 g/mol. The number of anilines is 1. The summed E-state index contributed by atoms with van der Waals surface area (Å²) in [5.41, 5.74) is 7.00. The number of fused-ring (bicyclic) bond motifs is 3. The predicted octanol–water partition coefficient (Wildman–Crippen LogP) is 4.93. The van der Waals surface area contributed by atoms with Crippen LogP contribution in [0.5, 0.6) is 0 Å². The van der Waals surface area contributed by atoms with E-state index in [2.05, 4.69) is 66.2 Å². The lowest BCUT2D eigenvalue weighted by atomic mass is 10.0. The minimum absolute atomic E-state index is 0.824. The van der Waals surface area contributed by atoms with Crippen LogP contribution in [-0.4, -0.2) is 22.8 Å². The Morgan fingerprint density at radius 3 is 2.37 bits per heavy atom. The highest BCUT2D eigenvalue weighted by Crippen LogP contribution is 2.43. The number of hydrogen-bond donors (Lipinski definition) is 0. The largest absolute Gasteiger partial charge is 0.355 e. The molecular formula is C23H20N2OS. The fraction of sp³-hybridized carbons (Fsp3) is 0.130. The van der Waals surface area contributed by atoms with E-state index in [1.165, 1.54) is 22.6 Å². The number of allylic oxidation sites excluding steroid dienone is 1. The molecule has 3 nitrogen and oxygen atoms in total. The van der Waals surface area contributed by atoms with Gasteiger partial charge < -0.3 is 9.80 Å². The first-order valence-corrected chi connectivity index (χ1v) is 10.2. The third-order valence-electron chi connectivity index (χ3n) is 5.38. The van der Waals surface area contributed by atoms with E-state index in [-0.39, 0.29) is 0 Å². The van der Waals surface area contributed by atoms with Gasteiger partial charge in [0.2, 0.25) is 0 Å². The molecule has 0 aromatic heterocycles. The van der Waals surface area contributed by atoms with Crippen molar-refractivity contribution in [2.45, 2.75) is 16.7 Å². The molecule has 0 radical (unpaired) electrons. The molecule has 3 aromatic carbocycles. The fourth-order valence-corrected chi connectivity index (χ4v) is 5.50. The third-order valence-corrected chi connectivity index (χ3v) is 6.89. The summed E-state index contributed by atoms with van der Waals surface area (Å²) in [6.45, 7) is 3.00. The summed E-state index contributed by atoms with van der Waals surface area (Å²) < 4.78 is 12.8. The van der Waals surface area contributed by atoms with Crippen molar-refractivity contribution in [1.29, 1.82) is 0 Å². The summed E-state index contributed by atoms with van der Waals surface area (Å²) in [7, 11) is 1.05. The van der Waals surface area contributed by atoms with Crippen molar-refractivity contribution in [3.63, 3.8) is 0 Å². The Morgan fingerprint density at radius 2 is 1.56 bits per heavy atom. The summed E-state index contributed by atoms with van der Waals surface area (Å²) in [5.74, 6) is 0. The highest BCUT2D eigenvalue weighted by molar-refractivity contribution is 7.85. The highest BCUT2D eigenvalue weighted by Gasteiger charge is 2.29. The maximum absolute atomic E-state index is 12.8. The summed E-state index contributed by atoms with van der Waals surface area (Å²) in [6.07, 6.45) is 0. The molecule has 5 rings (SSSR count). The van der Waals surface area contributed by atoms with E-state index < -0.39 is 10.8 Å². The molecular weight excluding hydrogens is 352 g/mol. The number of hydrogen-bond acceptors (Lipinski definition) is 3. The van der Waals surface area contributed by atoms with Crippen LogP contribution in [0.15, 0.2) is 88.3 Å². The smallest absolute Gasteiger partial charge is 0.0947 e. The van der Waals surface area contributed by atoms with Crippen LogP contribution >= 0.6 is 0 Å². The van der Waals surface area contributed by atoms with Crippen molar-refractivity contribution in [2.24, 2.45) is 0 Å². The second kappa shape index (κ2) is 6.10. The van der Waals surface area contributed by atoms with Crippen molar-refractivity contribution >= 4 is 22.2 Å². The first-order chi connectivity index (χ1) is 13.1. The second-order valence-corrected chi connectivity index (χ2v) is 8.43. The average Bonchev–Trinajstić information content (AvgIpc) is 3.16. The molecule has 134 valence electrons. The van der Waals surface area contributed by atoms with Crippen LogP contribution in [0.25, 0.3) is 16.8 Å². The van der Waals surface area contributed by atoms with E-state index >= 15 is 0 Å². The molecule has 0 N–H and O–H groups in total. The van der Waals surface area contributed by atoms with Crippen LogP contribution in [0, 0.1) is 0 Å². The van der Waals surface area contributed by atoms with E-state index in [0.29, 0.717) is 0 Å². The predicted molar refractivity (Wildman–Crippen MR) is 111 cm³/mol. The van der Waals surface area contributed by atoms with Crippen LogP contribution in [0.2, 0.25) is 0 Å². The molecule has 27 heavy (non-hydrogen) atoms. The highest BCUT2D eigenvalue weighted by atomic mass is 32.2. The Hall–Kier alpha value is -2.85. The number of para-hydroxylation sites is 1. The van der Waals surface area contributed by atoms with Crippen LogP contribution < -0.4 is 4.90 Å². The molecule has 0 amide bonds. The van der Waals surface area contributed by atoms with Crippen molar-refractivity contribution in [3.05, 3.63) is 84.1 Å². The van der Waals surface area contributed by atoms with Gasteiger partial charge in [-0.2, -0.15) is 0 Å². The SMILES string of the molecule is CC1=C(c2ccc3c(c2)-c2ccccc2S3=O)N(C)CN1c1ccccc1. The Labute approximate surface area is 162 Å². The van der Waals surface area contributed by atoms with Crippen LogP contribution in [0.1, 0.15) is 12.5 Å². The second-order valence-electron chi connectivity index (χ2n) is 7.01. The zero-order valence-corrected chi connectivity index (χ0v) is 16.2. The monoisotopic (exact) mass is 372 g/mol. The molecule has 0 spiro atoms. The van der Waals surface area contributed by atoms with Crippen molar-refractivity contribution in [3.8, 4) is 11.1 Å². The van der Waals surface area contributed by atoms with Gasteiger partial charge in [0.25, 0.3) is 0 Å². The van der Waals surface area contributed by atoms with Gasteiger partial charge in [-0.25, -0.2) is 4.21 Å². The van der Waals surface area contributed by atoms with Gasteiger partial charge >= 0.3 is 0 Å². The molecule has 0 bridgehead atoms. The zero-order chi connectivity index (χ0) is 18.5. The van der Waals surface area contributed by atoms with Crippen molar-refractivity contribution in [1.82, 2.24) is 4.90 Å². The van der Waals surface area contributed by atoms with Crippen molar-refractivity contribution in [2.75, 3.05) is 18.6 Å². The third kappa shape index (κ3) is 2.44. The van der Waals surface area contributed by atoms with Gasteiger partial charge in [0, 0.05) is 29.6 Å². The molecule has 4 heteroatoms. The summed E-state index contributed by atoms with van der Waals surface area (Å²) >= 11 is 0. The molecule has 1 unspecified atom stereocenters. The minimum atomic E-state index is -1.08. The first kappa shape index (κ1) is 16.3. The lowest BCUT2D eigenvalue weighted by Crippen LogP contribution is -2.24. The van der Waals surface area contributed by atoms with E-state index in [1.807, 2.05) is 30.3 Å². The maximum Gasteiger partial charge on any atom is 0.0947 e. The molecule has 0 aliphatic carbocycles. The van der Waals surface area contributed by atoms with Gasteiger partial charge in [-0.1, -0.05) is 42.5 Å². The molecule has 2 heterocycles. The van der Waals surface area contributed by atoms with Gasteiger partial charge in [0.15, 0.2) is 0 Å². The normalized spacial score (nSPS) is 18.1. The topological polar surface area (TPSA) is 23.6 Å². The Balaban J connectivity index is 1.62. The Bertz CT molecular complexity index is 1100. The van der Waals surface area contributed by atoms with Gasteiger partial charge in [-0.3, -0.25) is 0 Å². The molecule has 0 fully saturated rings. The van der Waals surface area contributed by atoms with Gasteiger partial charge in [-0.15, -0.1) is 0 Å². The van der Waals surface area contributed by atoms with Gasteiger partial charge in [-0.05, 0) is 42.8 Å². The summed E-state index contributed by atoms with van der Waals surface area (Å²) in [6, 6.07) is 24.8. The standard InChI is InChI=1S/C23H20N2OS/c1-16-23(24(2)15-25(16)18-8-4-3-5-9-18)17-12-13-22-20(14-17)19-10-6-7-11-21(19)27(22)26/h3-14H,15H2,1-2H3. The van der Waals surface area contributed by atoms with Gasteiger partial charge in [0.05, 0.1) is 33.0 Å². The molecule has 2 aliphatic heterocycles. The lowest BCUT2D eigenvalue weighted by Gasteiger charge is -2.20. The van der Waals surface area contributed by atoms with Crippen molar-refractivity contribution < 1.29 is 4.21 Å². The van der Waals surface area contributed by atoms with Crippen LogP contribution in [0.4, 0.5) is 5.69 Å². The van der Waals surface area contributed by atoms with E-state index in [9.17, 15) is 4.21 Å². The van der Waals surface area contributed by atoms with E-state index in [1.54, 1.807) is 0 Å². The first-order valence-electron chi connectivity index (χ1n) is 9.05. The van der Waals surface area contributed by atoms with E-state index in [0.717, 1.165) is 27.6 Å². The number of nitrogens with zero attached hydrogens (tertiary/aromatic N) is 2. The van der Waals surface area contributed by atoms with E-state index in [4.69, 9.17) is 0 Å². The van der Waals surface area contributed by atoms with Gasteiger partial charge in [0.1, 0.15) is 0 Å². The minimum Gasteiger partial charge on any atom is -0.355 e. The summed E-state index contributed by atoms with van der Waals surface area (Å²) in [4.78, 5) is 6.44.